The van der Waals surface area contributed by atoms with E-state index >= 15 is 0 Å². The average Bonchev–Trinajstić information content (AvgIpc) is 2.19. The molecule has 0 amide bonds. The van der Waals surface area contributed by atoms with E-state index in [1.807, 2.05) is 31.2 Å². The van der Waals surface area contributed by atoms with E-state index in [0.717, 1.165) is 30.9 Å². The second-order valence-electron chi connectivity index (χ2n) is 3.03. The Morgan fingerprint density at radius 3 is 3.00 bits per heavy atom. The van der Waals surface area contributed by atoms with Crippen LogP contribution in [-0.4, -0.2) is 19.7 Å². The molecule has 0 fully saturated rings. The van der Waals surface area contributed by atoms with Gasteiger partial charge in [0.1, 0.15) is 5.75 Å². The normalized spacial score (nSPS) is 9.86. The monoisotopic (exact) mass is 194 g/mol. The molecule has 0 aliphatic rings. The number of ether oxygens (including phenoxy) is 1. The largest absolute Gasteiger partial charge is 0.494 e. The molecule has 1 aromatic rings. The van der Waals surface area contributed by atoms with Crippen LogP contribution in [0.5, 0.6) is 5.75 Å². The van der Waals surface area contributed by atoms with Crippen LogP contribution in [-0.2, 0) is 0 Å². The van der Waals surface area contributed by atoms with E-state index in [4.69, 9.17) is 10.5 Å². The van der Waals surface area contributed by atoms with Crippen molar-refractivity contribution in [2.24, 2.45) is 5.73 Å². The lowest BCUT2D eigenvalue weighted by molar-refractivity contribution is 0.340. The van der Waals surface area contributed by atoms with Gasteiger partial charge in [0.15, 0.2) is 0 Å². The third-order valence-electron chi connectivity index (χ3n) is 1.86. The minimum atomic E-state index is 0.701. The van der Waals surface area contributed by atoms with Crippen molar-refractivity contribution < 1.29 is 4.74 Å². The minimum Gasteiger partial charge on any atom is -0.494 e. The molecule has 1 aromatic carbocycles. The summed E-state index contributed by atoms with van der Waals surface area (Å²) >= 11 is 0. The molecule has 78 valence electrons. The van der Waals surface area contributed by atoms with E-state index in [9.17, 15) is 0 Å². The maximum atomic E-state index is 5.41. The van der Waals surface area contributed by atoms with Gasteiger partial charge in [-0.3, -0.25) is 0 Å². The summed E-state index contributed by atoms with van der Waals surface area (Å²) in [6.45, 7) is 4.31. The van der Waals surface area contributed by atoms with Crippen molar-refractivity contribution in [2.45, 2.75) is 13.3 Å². The summed E-state index contributed by atoms with van der Waals surface area (Å²) in [5.41, 5.74) is 6.49. The highest BCUT2D eigenvalue weighted by Crippen LogP contribution is 2.16. The summed E-state index contributed by atoms with van der Waals surface area (Å²) in [6, 6.07) is 7.96. The number of hydrogen-bond acceptors (Lipinski definition) is 3. The number of rotatable bonds is 6. The first-order valence-corrected chi connectivity index (χ1v) is 5.03. The highest BCUT2D eigenvalue weighted by Gasteiger charge is 1.94. The van der Waals surface area contributed by atoms with E-state index in [1.165, 1.54) is 0 Å². The van der Waals surface area contributed by atoms with Gasteiger partial charge in [-0.25, -0.2) is 0 Å². The summed E-state index contributed by atoms with van der Waals surface area (Å²) in [5, 5.41) is 3.28. The Hall–Kier alpha value is -1.22. The Morgan fingerprint density at radius 2 is 2.29 bits per heavy atom. The molecule has 0 aliphatic heterocycles. The SMILES string of the molecule is CCOc1cccc(NCCCN)c1. The lowest BCUT2D eigenvalue weighted by Crippen LogP contribution is -2.08. The lowest BCUT2D eigenvalue weighted by atomic mass is 10.3. The zero-order valence-electron chi connectivity index (χ0n) is 8.62. The molecule has 0 bridgehead atoms. The van der Waals surface area contributed by atoms with Gasteiger partial charge in [-0.1, -0.05) is 6.07 Å². The molecule has 1 rings (SSSR count). The Bertz CT molecular complexity index is 263. The first-order chi connectivity index (χ1) is 6.86. The van der Waals surface area contributed by atoms with Gasteiger partial charge in [0, 0.05) is 18.3 Å². The van der Waals surface area contributed by atoms with E-state index in [1.54, 1.807) is 0 Å². The van der Waals surface area contributed by atoms with Crippen molar-refractivity contribution in [3.63, 3.8) is 0 Å². The molecule has 0 radical (unpaired) electrons. The van der Waals surface area contributed by atoms with E-state index in [-0.39, 0.29) is 0 Å². The van der Waals surface area contributed by atoms with Crippen LogP contribution in [0.4, 0.5) is 5.69 Å². The predicted octanol–water partition coefficient (Wildman–Crippen LogP) is 1.85. The van der Waals surface area contributed by atoms with Crippen LogP contribution in [0.1, 0.15) is 13.3 Å². The van der Waals surface area contributed by atoms with Crippen molar-refractivity contribution in [3.8, 4) is 5.75 Å². The summed E-state index contributed by atoms with van der Waals surface area (Å²) in [7, 11) is 0. The van der Waals surface area contributed by atoms with E-state index in [2.05, 4.69) is 5.32 Å². The van der Waals surface area contributed by atoms with Gasteiger partial charge in [-0.2, -0.15) is 0 Å². The Balaban J connectivity index is 2.46. The van der Waals surface area contributed by atoms with Crippen molar-refractivity contribution in [1.29, 1.82) is 0 Å². The second-order valence-corrected chi connectivity index (χ2v) is 3.03. The topological polar surface area (TPSA) is 47.3 Å². The molecule has 3 heteroatoms. The Kier molecular flexibility index (Phi) is 4.86. The van der Waals surface area contributed by atoms with Crippen LogP contribution >= 0.6 is 0 Å². The standard InChI is InChI=1S/C11H18N2O/c1-2-14-11-6-3-5-10(9-11)13-8-4-7-12/h3,5-6,9,13H,2,4,7-8,12H2,1H3. The lowest BCUT2D eigenvalue weighted by Gasteiger charge is -2.07. The molecule has 0 spiro atoms. The van der Waals surface area contributed by atoms with Crippen LogP contribution in [0.2, 0.25) is 0 Å². The third-order valence-corrected chi connectivity index (χ3v) is 1.86. The van der Waals surface area contributed by atoms with Crippen molar-refractivity contribution in [2.75, 3.05) is 25.0 Å². The molecular weight excluding hydrogens is 176 g/mol. The number of anilines is 1. The maximum absolute atomic E-state index is 5.41. The first kappa shape index (κ1) is 10.9. The van der Waals surface area contributed by atoms with E-state index in [0.29, 0.717) is 6.61 Å². The smallest absolute Gasteiger partial charge is 0.121 e. The molecular formula is C11H18N2O. The number of nitrogens with one attached hydrogen (secondary N) is 1. The van der Waals surface area contributed by atoms with Crippen LogP contribution in [0, 0.1) is 0 Å². The molecule has 0 aliphatic carbocycles. The first-order valence-electron chi connectivity index (χ1n) is 5.03. The molecule has 14 heavy (non-hydrogen) atoms. The summed E-state index contributed by atoms with van der Waals surface area (Å²) in [5.74, 6) is 0.908. The second kappa shape index (κ2) is 6.27. The molecule has 0 saturated carbocycles. The van der Waals surface area contributed by atoms with Gasteiger partial charge in [0.25, 0.3) is 0 Å². The highest BCUT2D eigenvalue weighted by atomic mass is 16.5. The predicted molar refractivity (Wildman–Crippen MR) is 59.8 cm³/mol. The quantitative estimate of drug-likeness (QED) is 0.679. The average molecular weight is 194 g/mol. The fourth-order valence-electron chi connectivity index (χ4n) is 1.20. The van der Waals surface area contributed by atoms with E-state index < -0.39 is 0 Å². The third kappa shape index (κ3) is 3.66. The molecule has 0 unspecified atom stereocenters. The summed E-state index contributed by atoms with van der Waals surface area (Å²) < 4.78 is 5.39. The zero-order chi connectivity index (χ0) is 10.2. The Labute approximate surface area is 85.3 Å². The van der Waals surface area contributed by atoms with Gasteiger partial charge in [-0.15, -0.1) is 0 Å². The number of nitrogens with two attached hydrogens (primary N) is 1. The van der Waals surface area contributed by atoms with Crippen molar-refractivity contribution in [3.05, 3.63) is 24.3 Å². The Morgan fingerprint density at radius 1 is 1.43 bits per heavy atom. The van der Waals surface area contributed by atoms with Crippen LogP contribution in [0.3, 0.4) is 0 Å². The van der Waals surface area contributed by atoms with Gasteiger partial charge >= 0.3 is 0 Å². The van der Waals surface area contributed by atoms with Crippen LogP contribution in [0.15, 0.2) is 24.3 Å². The number of benzene rings is 1. The van der Waals surface area contributed by atoms with Crippen LogP contribution in [0.25, 0.3) is 0 Å². The van der Waals surface area contributed by atoms with Crippen molar-refractivity contribution >= 4 is 5.69 Å². The van der Waals surface area contributed by atoms with Crippen LogP contribution < -0.4 is 15.8 Å². The molecule has 3 nitrogen and oxygen atoms in total. The number of hydrogen-bond donors (Lipinski definition) is 2. The minimum absolute atomic E-state index is 0.701. The molecule has 0 saturated heterocycles. The van der Waals surface area contributed by atoms with Crippen molar-refractivity contribution in [1.82, 2.24) is 0 Å². The maximum Gasteiger partial charge on any atom is 0.121 e. The molecule has 0 heterocycles. The fourth-order valence-corrected chi connectivity index (χ4v) is 1.20. The fraction of sp³-hybridized carbons (Fsp3) is 0.455. The van der Waals surface area contributed by atoms with Gasteiger partial charge in [0.05, 0.1) is 6.61 Å². The highest BCUT2D eigenvalue weighted by molar-refractivity contribution is 5.48. The summed E-state index contributed by atoms with van der Waals surface area (Å²) in [6.07, 6.45) is 0.985. The van der Waals surface area contributed by atoms with Gasteiger partial charge in [0.2, 0.25) is 0 Å². The van der Waals surface area contributed by atoms with Gasteiger partial charge < -0.3 is 15.8 Å². The molecule has 3 N–H and O–H groups in total. The van der Waals surface area contributed by atoms with Gasteiger partial charge in [-0.05, 0) is 32.0 Å². The molecule has 0 aromatic heterocycles. The summed E-state index contributed by atoms with van der Waals surface area (Å²) in [4.78, 5) is 0. The molecule has 0 atom stereocenters. The zero-order valence-corrected chi connectivity index (χ0v) is 8.62.